The van der Waals surface area contributed by atoms with Gasteiger partial charge in [-0.15, -0.1) is 0 Å². The fraction of sp³-hybridized carbons (Fsp3) is 0.273. The van der Waals surface area contributed by atoms with Crippen molar-refractivity contribution in [3.8, 4) is 11.5 Å². The minimum atomic E-state index is -4.49. The van der Waals surface area contributed by atoms with E-state index in [0.29, 0.717) is 16.9 Å². The molecule has 0 unspecified atom stereocenters. The van der Waals surface area contributed by atoms with Crippen LogP contribution in [0.1, 0.15) is 30.5 Å². The molecule has 164 valence electrons. The number of alkyl halides is 3. The van der Waals surface area contributed by atoms with Crippen LogP contribution in [0.2, 0.25) is 0 Å². The molecule has 0 aliphatic carbocycles. The van der Waals surface area contributed by atoms with Gasteiger partial charge in [-0.3, -0.25) is 0 Å². The van der Waals surface area contributed by atoms with Gasteiger partial charge < -0.3 is 18.9 Å². The molecule has 0 aromatic heterocycles. The first kappa shape index (κ1) is 22.2. The summed E-state index contributed by atoms with van der Waals surface area (Å²) < 4.78 is 59.5. The third kappa shape index (κ3) is 5.36. The van der Waals surface area contributed by atoms with Crippen molar-refractivity contribution in [2.24, 2.45) is 0 Å². The quantitative estimate of drug-likeness (QED) is 0.390. The molecule has 0 saturated carbocycles. The number of hydrogen-bond donors (Lipinski definition) is 0. The van der Waals surface area contributed by atoms with Crippen LogP contribution in [0.5, 0.6) is 11.5 Å². The highest BCUT2D eigenvalue weighted by Gasteiger charge is 2.38. The van der Waals surface area contributed by atoms with E-state index in [1.165, 1.54) is 39.2 Å². The number of ether oxygens (including phenoxy) is 4. The first-order chi connectivity index (χ1) is 14.5. The van der Waals surface area contributed by atoms with Gasteiger partial charge in [0.2, 0.25) is 0 Å². The Morgan fingerprint density at radius 2 is 1.71 bits per heavy atom. The Morgan fingerprint density at radius 3 is 2.32 bits per heavy atom. The summed E-state index contributed by atoms with van der Waals surface area (Å²) in [5.74, 6) is -2.54. The van der Waals surface area contributed by atoms with Crippen molar-refractivity contribution in [3.05, 3.63) is 64.7 Å². The summed E-state index contributed by atoms with van der Waals surface area (Å²) >= 11 is 0. The van der Waals surface area contributed by atoms with Crippen molar-refractivity contribution in [1.82, 2.24) is 0 Å². The molecule has 2 aromatic rings. The maximum Gasteiger partial charge on any atom is 0.416 e. The number of hydrogen-bond acceptors (Lipinski definition) is 6. The van der Waals surface area contributed by atoms with Crippen LogP contribution in [0.4, 0.5) is 13.2 Å². The molecule has 0 N–H and O–H groups in total. The molecule has 31 heavy (non-hydrogen) atoms. The van der Waals surface area contributed by atoms with Crippen molar-refractivity contribution in [1.29, 1.82) is 0 Å². The lowest BCUT2D eigenvalue weighted by atomic mass is 10.1. The highest BCUT2D eigenvalue weighted by molar-refractivity contribution is 6.18. The minimum absolute atomic E-state index is 0.0299. The molecule has 2 aromatic carbocycles. The van der Waals surface area contributed by atoms with E-state index in [9.17, 15) is 22.8 Å². The first-order valence-electron chi connectivity index (χ1n) is 9.14. The lowest BCUT2D eigenvalue weighted by Gasteiger charge is -2.29. The van der Waals surface area contributed by atoms with Gasteiger partial charge in [-0.1, -0.05) is 12.1 Å². The van der Waals surface area contributed by atoms with Crippen molar-refractivity contribution in [2.75, 3.05) is 7.11 Å². The fourth-order valence-corrected chi connectivity index (χ4v) is 2.87. The van der Waals surface area contributed by atoms with Gasteiger partial charge in [0.05, 0.1) is 12.7 Å². The summed E-state index contributed by atoms with van der Waals surface area (Å²) in [6, 6.07) is 9.26. The smallest absolute Gasteiger partial charge is 0.416 e. The van der Waals surface area contributed by atoms with Crippen molar-refractivity contribution in [2.45, 2.75) is 32.4 Å². The van der Waals surface area contributed by atoms with E-state index in [1.54, 1.807) is 18.2 Å². The molecule has 1 fully saturated rings. The zero-order chi connectivity index (χ0) is 22.8. The monoisotopic (exact) mass is 436 g/mol. The summed E-state index contributed by atoms with van der Waals surface area (Å²) in [7, 11) is 1.43. The van der Waals surface area contributed by atoms with Gasteiger partial charge in [-0.2, -0.15) is 13.2 Å². The Kier molecular flexibility index (Phi) is 5.97. The van der Waals surface area contributed by atoms with Crippen molar-refractivity contribution < 1.29 is 41.7 Å². The maximum absolute atomic E-state index is 12.9. The molecule has 9 heteroatoms. The second-order valence-electron chi connectivity index (χ2n) is 7.12. The largest absolute Gasteiger partial charge is 0.496 e. The van der Waals surface area contributed by atoms with Gasteiger partial charge in [0, 0.05) is 19.4 Å². The molecule has 0 radical (unpaired) electrons. The summed E-state index contributed by atoms with van der Waals surface area (Å²) in [5.41, 5.74) is -0.166. The van der Waals surface area contributed by atoms with Crippen molar-refractivity contribution in [3.63, 3.8) is 0 Å². The van der Waals surface area contributed by atoms with Crippen LogP contribution in [0.15, 0.2) is 48.0 Å². The van der Waals surface area contributed by atoms with Gasteiger partial charge in [0.25, 0.3) is 5.79 Å². The van der Waals surface area contributed by atoms with Crippen LogP contribution < -0.4 is 9.47 Å². The molecule has 0 atom stereocenters. The van der Waals surface area contributed by atoms with Gasteiger partial charge in [-0.05, 0) is 42.0 Å². The molecule has 0 bridgehead atoms. The molecule has 1 heterocycles. The van der Waals surface area contributed by atoms with E-state index >= 15 is 0 Å². The lowest BCUT2D eigenvalue weighted by molar-refractivity contribution is -0.222. The SMILES string of the molecule is COc1ccc(C=C2C(=O)OC(C)(C)OC2=O)cc1COc1cccc(C(F)(F)F)c1. The Hall–Kier alpha value is -3.49. The third-order valence-electron chi connectivity index (χ3n) is 4.29. The number of carbonyl (C=O) groups is 2. The van der Waals surface area contributed by atoms with Gasteiger partial charge >= 0.3 is 18.1 Å². The van der Waals surface area contributed by atoms with Gasteiger partial charge in [-0.25, -0.2) is 9.59 Å². The van der Waals surface area contributed by atoms with Crippen LogP contribution in [-0.2, 0) is 31.8 Å². The second-order valence-corrected chi connectivity index (χ2v) is 7.12. The number of rotatable bonds is 5. The molecule has 0 spiro atoms. The molecule has 1 saturated heterocycles. The predicted octanol–water partition coefficient (Wildman–Crippen LogP) is 4.51. The summed E-state index contributed by atoms with van der Waals surface area (Å²) in [6.45, 7) is 2.77. The minimum Gasteiger partial charge on any atom is -0.496 e. The zero-order valence-electron chi connectivity index (χ0n) is 16.9. The Balaban J connectivity index is 1.83. The Labute approximate surface area is 176 Å². The maximum atomic E-state index is 12.9. The average Bonchev–Trinajstić information content (AvgIpc) is 2.68. The molecular formula is C22H19F3O6. The van der Waals surface area contributed by atoms with E-state index in [4.69, 9.17) is 18.9 Å². The van der Waals surface area contributed by atoms with E-state index < -0.39 is 29.5 Å². The Morgan fingerprint density at radius 1 is 1.03 bits per heavy atom. The fourth-order valence-electron chi connectivity index (χ4n) is 2.87. The van der Waals surface area contributed by atoms with Crippen LogP contribution in [-0.4, -0.2) is 24.8 Å². The number of halogens is 3. The molecular weight excluding hydrogens is 417 g/mol. The number of carbonyl (C=O) groups excluding carboxylic acids is 2. The standard InChI is InChI=1S/C22H19F3O6/c1-21(2)30-19(26)17(20(27)31-21)10-13-7-8-18(28-3)14(9-13)12-29-16-6-4-5-15(11-16)22(23,24)25/h4-11H,12H2,1-3H3. The molecule has 1 aliphatic heterocycles. The van der Waals surface area contributed by atoms with Crippen LogP contribution in [0.3, 0.4) is 0 Å². The van der Waals surface area contributed by atoms with E-state index in [2.05, 4.69) is 0 Å². The number of esters is 2. The van der Waals surface area contributed by atoms with E-state index in [-0.39, 0.29) is 17.9 Å². The van der Waals surface area contributed by atoms with Crippen molar-refractivity contribution >= 4 is 18.0 Å². The molecule has 1 aliphatic rings. The van der Waals surface area contributed by atoms with Gasteiger partial charge in [0.15, 0.2) is 0 Å². The molecule has 0 amide bonds. The predicted molar refractivity (Wildman–Crippen MR) is 103 cm³/mol. The normalized spacial score (nSPS) is 15.7. The second kappa shape index (κ2) is 8.33. The summed E-state index contributed by atoms with van der Waals surface area (Å²) in [4.78, 5) is 24.2. The van der Waals surface area contributed by atoms with Crippen LogP contribution >= 0.6 is 0 Å². The van der Waals surface area contributed by atoms with Crippen LogP contribution in [0, 0.1) is 0 Å². The highest BCUT2D eigenvalue weighted by atomic mass is 19.4. The number of cyclic esters (lactones) is 2. The van der Waals surface area contributed by atoms with E-state index in [0.717, 1.165) is 12.1 Å². The summed E-state index contributed by atoms with van der Waals surface area (Å²) in [5, 5.41) is 0. The number of benzene rings is 2. The van der Waals surface area contributed by atoms with E-state index in [1.807, 2.05) is 0 Å². The average molecular weight is 436 g/mol. The Bertz CT molecular complexity index is 1020. The zero-order valence-corrected chi connectivity index (χ0v) is 16.9. The lowest BCUT2D eigenvalue weighted by Crippen LogP contribution is -2.41. The topological polar surface area (TPSA) is 71.1 Å². The third-order valence-corrected chi connectivity index (χ3v) is 4.29. The number of methoxy groups -OCH3 is 1. The summed E-state index contributed by atoms with van der Waals surface area (Å²) in [6.07, 6.45) is -3.19. The first-order valence-corrected chi connectivity index (χ1v) is 9.14. The van der Waals surface area contributed by atoms with Crippen LogP contribution in [0.25, 0.3) is 6.08 Å². The highest BCUT2D eigenvalue weighted by Crippen LogP contribution is 2.32. The van der Waals surface area contributed by atoms with Gasteiger partial charge in [0.1, 0.15) is 23.7 Å². The molecule has 3 rings (SSSR count). The molecule has 6 nitrogen and oxygen atoms in total.